The van der Waals surface area contributed by atoms with Gasteiger partial charge in [-0.3, -0.25) is 0 Å². The second-order valence-electron chi connectivity index (χ2n) is 7.22. The molecule has 2 nitrogen and oxygen atoms in total. The number of nitrogens with one attached hydrogen (secondary N) is 1. The summed E-state index contributed by atoms with van der Waals surface area (Å²) in [4.78, 5) is 4.86. The largest absolute Gasteiger partial charge is 0.314 e. The number of nitrogens with zero attached hydrogens (tertiary/aromatic N) is 1. The maximum atomic E-state index is 4.86. The van der Waals surface area contributed by atoms with Crippen LogP contribution in [-0.2, 0) is 11.8 Å². The van der Waals surface area contributed by atoms with Crippen LogP contribution < -0.4 is 5.32 Å². The van der Waals surface area contributed by atoms with Gasteiger partial charge in [0.05, 0.1) is 10.7 Å². The SMILES string of the molecule is CCNC(Cc1nc(C(C)(C)C)cs1)CC1CCCC1. The third kappa shape index (κ3) is 4.56. The third-order valence-electron chi connectivity index (χ3n) is 4.33. The van der Waals surface area contributed by atoms with Crippen LogP contribution in [0.25, 0.3) is 0 Å². The van der Waals surface area contributed by atoms with Crippen LogP contribution in [0, 0.1) is 5.92 Å². The zero-order chi connectivity index (χ0) is 14.6. The van der Waals surface area contributed by atoms with Crippen molar-refractivity contribution in [2.24, 2.45) is 5.92 Å². The van der Waals surface area contributed by atoms with Crippen molar-refractivity contribution in [3.05, 3.63) is 16.1 Å². The first-order valence-electron chi connectivity index (χ1n) is 8.17. The minimum Gasteiger partial charge on any atom is -0.314 e. The monoisotopic (exact) mass is 294 g/mol. The predicted octanol–water partition coefficient (Wildman–Crippen LogP) is 4.54. The van der Waals surface area contributed by atoms with Gasteiger partial charge in [-0.1, -0.05) is 53.4 Å². The second kappa shape index (κ2) is 7.04. The molecule has 0 saturated heterocycles. The fraction of sp³-hybridized carbons (Fsp3) is 0.824. The molecule has 114 valence electrons. The first kappa shape index (κ1) is 16.0. The summed E-state index contributed by atoms with van der Waals surface area (Å²) in [5.74, 6) is 0.945. The van der Waals surface area contributed by atoms with E-state index in [-0.39, 0.29) is 5.41 Å². The minimum atomic E-state index is 0.174. The summed E-state index contributed by atoms with van der Waals surface area (Å²) in [5, 5.41) is 7.22. The molecule has 1 aromatic rings. The molecular weight excluding hydrogens is 264 g/mol. The highest BCUT2D eigenvalue weighted by atomic mass is 32.1. The number of hydrogen-bond donors (Lipinski definition) is 1. The molecule has 1 aliphatic carbocycles. The van der Waals surface area contributed by atoms with Gasteiger partial charge in [0.25, 0.3) is 0 Å². The van der Waals surface area contributed by atoms with E-state index in [9.17, 15) is 0 Å². The van der Waals surface area contributed by atoms with E-state index >= 15 is 0 Å². The molecule has 1 fully saturated rings. The smallest absolute Gasteiger partial charge is 0.0944 e. The van der Waals surface area contributed by atoms with Crippen LogP contribution in [0.4, 0.5) is 0 Å². The first-order valence-corrected chi connectivity index (χ1v) is 9.05. The molecule has 0 aliphatic heterocycles. The van der Waals surface area contributed by atoms with Gasteiger partial charge in [-0.05, 0) is 18.9 Å². The number of thiazole rings is 1. The van der Waals surface area contributed by atoms with Crippen LogP contribution in [0.3, 0.4) is 0 Å². The third-order valence-corrected chi connectivity index (χ3v) is 5.20. The Morgan fingerprint density at radius 2 is 2.05 bits per heavy atom. The Kier molecular flexibility index (Phi) is 5.62. The van der Waals surface area contributed by atoms with Crippen molar-refractivity contribution < 1.29 is 0 Å². The molecule has 1 saturated carbocycles. The molecule has 0 spiro atoms. The Morgan fingerprint density at radius 3 is 2.60 bits per heavy atom. The van der Waals surface area contributed by atoms with Gasteiger partial charge < -0.3 is 5.32 Å². The zero-order valence-electron chi connectivity index (χ0n) is 13.5. The summed E-state index contributed by atoms with van der Waals surface area (Å²) in [6.07, 6.45) is 8.19. The molecule has 1 atom stereocenters. The topological polar surface area (TPSA) is 24.9 Å². The predicted molar refractivity (Wildman–Crippen MR) is 88.6 cm³/mol. The lowest BCUT2D eigenvalue weighted by Crippen LogP contribution is -2.32. The molecule has 1 N–H and O–H groups in total. The molecule has 1 heterocycles. The van der Waals surface area contributed by atoms with Gasteiger partial charge in [-0.2, -0.15) is 0 Å². The Balaban J connectivity index is 1.94. The van der Waals surface area contributed by atoms with Crippen LogP contribution in [-0.4, -0.2) is 17.6 Å². The van der Waals surface area contributed by atoms with E-state index in [0.717, 1.165) is 18.9 Å². The van der Waals surface area contributed by atoms with Crippen molar-refractivity contribution in [2.45, 2.75) is 77.7 Å². The molecule has 2 rings (SSSR count). The van der Waals surface area contributed by atoms with Crippen molar-refractivity contribution in [1.29, 1.82) is 0 Å². The van der Waals surface area contributed by atoms with Crippen molar-refractivity contribution in [1.82, 2.24) is 10.3 Å². The molecule has 1 unspecified atom stereocenters. The van der Waals surface area contributed by atoms with E-state index in [2.05, 4.69) is 38.4 Å². The van der Waals surface area contributed by atoms with Crippen LogP contribution in [0.2, 0.25) is 0 Å². The summed E-state index contributed by atoms with van der Waals surface area (Å²) in [7, 11) is 0. The van der Waals surface area contributed by atoms with Gasteiger partial charge in [0, 0.05) is 23.3 Å². The molecule has 1 aromatic heterocycles. The highest BCUT2D eigenvalue weighted by Crippen LogP contribution is 2.30. The highest BCUT2D eigenvalue weighted by Gasteiger charge is 2.22. The molecule has 0 amide bonds. The standard InChI is InChI=1S/C17H30N2S/c1-5-18-14(10-13-8-6-7-9-13)11-16-19-15(12-20-16)17(2,3)4/h12-14,18H,5-11H2,1-4H3. The molecule has 3 heteroatoms. The van der Waals surface area contributed by atoms with Gasteiger partial charge in [0.1, 0.15) is 0 Å². The van der Waals surface area contributed by atoms with Gasteiger partial charge in [-0.15, -0.1) is 11.3 Å². The molecule has 0 radical (unpaired) electrons. The molecule has 20 heavy (non-hydrogen) atoms. The van der Waals surface area contributed by atoms with Crippen molar-refractivity contribution in [3.63, 3.8) is 0 Å². The fourth-order valence-corrected chi connectivity index (χ4v) is 4.24. The molecule has 1 aliphatic rings. The van der Waals surface area contributed by atoms with Crippen molar-refractivity contribution in [2.75, 3.05) is 6.54 Å². The zero-order valence-corrected chi connectivity index (χ0v) is 14.4. The summed E-state index contributed by atoms with van der Waals surface area (Å²) in [5.41, 5.74) is 1.42. The van der Waals surface area contributed by atoms with Crippen molar-refractivity contribution >= 4 is 11.3 Å². The molecular formula is C17H30N2S. The summed E-state index contributed by atoms with van der Waals surface area (Å²) < 4.78 is 0. The summed E-state index contributed by atoms with van der Waals surface area (Å²) in [6.45, 7) is 10.0. The van der Waals surface area contributed by atoms with Gasteiger partial charge in [0.2, 0.25) is 0 Å². The van der Waals surface area contributed by atoms with E-state index < -0.39 is 0 Å². The number of hydrogen-bond acceptors (Lipinski definition) is 3. The van der Waals surface area contributed by atoms with E-state index in [1.54, 1.807) is 0 Å². The lowest BCUT2D eigenvalue weighted by molar-refractivity contribution is 0.389. The van der Waals surface area contributed by atoms with Crippen LogP contribution >= 0.6 is 11.3 Å². The van der Waals surface area contributed by atoms with Gasteiger partial charge in [-0.25, -0.2) is 4.98 Å². The van der Waals surface area contributed by atoms with E-state index in [4.69, 9.17) is 4.98 Å². The van der Waals surface area contributed by atoms with Gasteiger partial charge >= 0.3 is 0 Å². The lowest BCUT2D eigenvalue weighted by atomic mass is 9.93. The van der Waals surface area contributed by atoms with E-state index in [1.807, 2.05) is 11.3 Å². The maximum Gasteiger partial charge on any atom is 0.0944 e. The Bertz CT molecular complexity index is 399. The number of rotatable bonds is 6. The Labute approximate surface area is 128 Å². The second-order valence-corrected chi connectivity index (χ2v) is 8.16. The van der Waals surface area contributed by atoms with Crippen LogP contribution in [0.1, 0.15) is 70.5 Å². The van der Waals surface area contributed by atoms with Crippen LogP contribution in [0.5, 0.6) is 0 Å². The fourth-order valence-electron chi connectivity index (χ4n) is 3.14. The Hall–Kier alpha value is -0.410. The summed E-state index contributed by atoms with van der Waals surface area (Å²) >= 11 is 1.84. The molecule has 0 aromatic carbocycles. The average molecular weight is 295 g/mol. The Morgan fingerprint density at radius 1 is 1.35 bits per heavy atom. The lowest BCUT2D eigenvalue weighted by Gasteiger charge is -2.20. The minimum absolute atomic E-state index is 0.174. The quantitative estimate of drug-likeness (QED) is 0.833. The number of likely N-dealkylation sites (N-methyl/N-ethyl adjacent to an activating group) is 1. The molecule has 0 bridgehead atoms. The highest BCUT2D eigenvalue weighted by molar-refractivity contribution is 7.09. The van der Waals surface area contributed by atoms with Gasteiger partial charge in [0.15, 0.2) is 0 Å². The normalized spacial score (nSPS) is 18.6. The average Bonchev–Trinajstić information content (AvgIpc) is 2.99. The van der Waals surface area contributed by atoms with E-state index in [1.165, 1.54) is 42.8 Å². The maximum absolute atomic E-state index is 4.86. The summed E-state index contributed by atoms with van der Waals surface area (Å²) in [6, 6.07) is 0.613. The van der Waals surface area contributed by atoms with Crippen molar-refractivity contribution in [3.8, 4) is 0 Å². The first-order chi connectivity index (χ1) is 9.49. The number of aromatic nitrogens is 1. The van der Waals surface area contributed by atoms with E-state index in [0.29, 0.717) is 6.04 Å². The van der Waals surface area contributed by atoms with Crippen LogP contribution in [0.15, 0.2) is 5.38 Å².